The number of anilines is 1. The van der Waals surface area contributed by atoms with Gasteiger partial charge < -0.3 is 21.4 Å². The molecule has 0 spiro atoms. The minimum Gasteiger partial charge on any atom is -0.397 e. The molecule has 1 saturated heterocycles. The van der Waals surface area contributed by atoms with Crippen LogP contribution in [0.15, 0.2) is 60.9 Å². The van der Waals surface area contributed by atoms with Gasteiger partial charge in [0.05, 0.1) is 23.5 Å². The van der Waals surface area contributed by atoms with Gasteiger partial charge in [-0.3, -0.25) is 9.80 Å². The first kappa shape index (κ1) is 22.0. The second kappa shape index (κ2) is 9.21. The Bertz CT molecular complexity index is 1260. The Labute approximate surface area is 198 Å². The number of nitriles is 1. The van der Waals surface area contributed by atoms with Crippen molar-refractivity contribution in [3.63, 3.8) is 0 Å². The Morgan fingerprint density at radius 1 is 1.24 bits per heavy atom. The van der Waals surface area contributed by atoms with Crippen molar-refractivity contribution in [1.82, 2.24) is 15.6 Å². The molecule has 174 valence electrons. The summed E-state index contributed by atoms with van der Waals surface area (Å²) in [6.45, 7) is 0. The van der Waals surface area contributed by atoms with Crippen LogP contribution in [0.3, 0.4) is 0 Å². The number of hydrogen-bond donors (Lipinski definition) is 5. The first-order chi connectivity index (χ1) is 16.5. The van der Waals surface area contributed by atoms with Crippen LogP contribution in [0.2, 0.25) is 0 Å². The number of H-pyrrole nitrogens is 1. The van der Waals surface area contributed by atoms with Crippen molar-refractivity contribution >= 4 is 28.2 Å². The molecule has 0 radical (unpaired) electrons. The van der Waals surface area contributed by atoms with Crippen LogP contribution < -0.4 is 27.2 Å². The highest BCUT2D eigenvalue weighted by Crippen LogP contribution is 2.35. The number of carbonyl (C=O) groups excluding carboxylic acids is 1. The molecular weight excluding hydrogens is 426 g/mol. The van der Waals surface area contributed by atoms with Crippen molar-refractivity contribution in [2.75, 3.05) is 5.01 Å². The summed E-state index contributed by atoms with van der Waals surface area (Å²) in [6.07, 6.45) is 7.30. The van der Waals surface area contributed by atoms with Crippen LogP contribution in [0.1, 0.15) is 30.4 Å². The van der Waals surface area contributed by atoms with Crippen LogP contribution in [0.5, 0.6) is 0 Å². The highest BCUT2D eigenvalue weighted by atomic mass is 16.2. The molecular formula is C26H29N7O. The molecule has 1 aliphatic heterocycles. The van der Waals surface area contributed by atoms with E-state index in [0.29, 0.717) is 24.1 Å². The smallest absolute Gasteiger partial charge is 0.238 e. The fraction of sp³-hybridized carbons (Fsp3) is 0.308. The Morgan fingerprint density at radius 2 is 2.06 bits per heavy atom. The van der Waals surface area contributed by atoms with Gasteiger partial charge in [-0.2, -0.15) is 5.26 Å². The summed E-state index contributed by atoms with van der Waals surface area (Å²) >= 11 is 0. The summed E-state index contributed by atoms with van der Waals surface area (Å²) < 4.78 is 0. The van der Waals surface area contributed by atoms with Gasteiger partial charge >= 0.3 is 0 Å². The van der Waals surface area contributed by atoms with Crippen molar-refractivity contribution in [3.05, 3.63) is 72.1 Å². The first-order valence-electron chi connectivity index (χ1n) is 11.6. The molecule has 4 atom stereocenters. The van der Waals surface area contributed by atoms with Gasteiger partial charge in [-0.1, -0.05) is 18.2 Å². The molecule has 8 heteroatoms. The summed E-state index contributed by atoms with van der Waals surface area (Å²) in [4.78, 5) is 15.8. The Balaban J connectivity index is 1.20. The van der Waals surface area contributed by atoms with Crippen molar-refractivity contribution in [2.45, 2.75) is 43.8 Å². The van der Waals surface area contributed by atoms with Crippen LogP contribution in [0.25, 0.3) is 16.6 Å². The maximum absolute atomic E-state index is 12.6. The Kier molecular flexibility index (Phi) is 5.97. The molecule has 2 heterocycles. The van der Waals surface area contributed by atoms with E-state index in [0.717, 1.165) is 47.0 Å². The van der Waals surface area contributed by atoms with Gasteiger partial charge in [0.15, 0.2) is 0 Å². The predicted octanol–water partition coefficient (Wildman–Crippen LogP) is 2.50. The SMILES string of the molecule is N#C[C@H](Cc1ccc(N(N)/C=C(\N)c2ccc3[nH]ccc3c2)cc1)NC(=O)C1NC2CCC1C2. The lowest BCUT2D eigenvalue weighted by molar-refractivity contribution is -0.124. The number of fused-ring (bicyclic) bond motifs is 3. The Morgan fingerprint density at radius 3 is 2.76 bits per heavy atom. The molecule has 2 fully saturated rings. The number of carbonyl (C=O) groups is 1. The van der Waals surface area contributed by atoms with E-state index in [2.05, 4.69) is 21.7 Å². The summed E-state index contributed by atoms with van der Waals surface area (Å²) in [5.74, 6) is 6.55. The van der Waals surface area contributed by atoms with Gasteiger partial charge in [0.1, 0.15) is 6.04 Å². The fourth-order valence-corrected chi connectivity index (χ4v) is 5.11. The van der Waals surface area contributed by atoms with E-state index in [1.807, 2.05) is 54.7 Å². The average Bonchev–Trinajstić information content (AvgIpc) is 3.60. The third kappa shape index (κ3) is 4.49. The second-order valence-electron chi connectivity index (χ2n) is 9.25. The van der Waals surface area contributed by atoms with Gasteiger partial charge in [-0.25, -0.2) is 5.84 Å². The maximum Gasteiger partial charge on any atom is 0.238 e. The van der Waals surface area contributed by atoms with Gasteiger partial charge in [0.25, 0.3) is 0 Å². The van der Waals surface area contributed by atoms with Gasteiger partial charge in [-0.05, 0) is 66.6 Å². The second-order valence-corrected chi connectivity index (χ2v) is 9.25. The number of nitrogens with one attached hydrogen (secondary N) is 3. The molecule has 5 rings (SSSR count). The molecule has 1 aliphatic carbocycles. The normalized spacial score (nSPS) is 22.5. The molecule has 7 N–H and O–H groups in total. The standard InChI is InChI=1S/C26H29N7O/c27-14-21(32-26(34)25-19-3-5-20(13-19)31-25)11-16-1-6-22(7-2-16)33(29)15-23(28)17-4-8-24-18(12-17)9-10-30-24/h1-2,4,6-10,12,15,19-21,25,30-31H,3,5,11,13,28-29H2,(H,32,34)/b23-15-/t19?,20?,21-,25?/m0/s1. The van der Waals surface area contributed by atoms with Crippen LogP contribution in [0, 0.1) is 17.2 Å². The number of aromatic amines is 1. The highest BCUT2D eigenvalue weighted by molar-refractivity contribution is 5.84. The summed E-state index contributed by atoms with van der Waals surface area (Å²) in [5.41, 5.74) is 10.5. The first-order valence-corrected chi connectivity index (χ1v) is 11.6. The summed E-state index contributed by atoms with van der Waals surface area (Å²) in [6, 6.07) is 17.4. The molecule has 8 nitrogen and oxygen atoms in total. The minimum absolute atomic E-state index is 0.0676. The number of benzene rings is 2. The van der Waals surface area contributed by atoms with Crippen molar-refractivity contribution < 1.29 is 4.79 Å². The van der Waals surface area contributed by atoms with Crippen LogP contribution >= 0.6 is 0 Å². The number of rotatable bonds is 7. The summed E-state index contributed by atoms with van der Waals surface area (Å²) in [7, 11) is 0. The molecule has 1 amide bonds. The van der Waals surface area contributed by atoms with Crippen molar-refractivity contribution in [2.24, 2.45) is 17.5 Å². The molecule has 3 unspecified atom stereocenters. The van der Waals surface area contributed by atoms with Crippen molar-refractivity contribution in [1.29, 1.82) is 5.26 Å². The molecule has 1 saturated carbocycles. The molecule has 34 heavy (non-hydrogen) atoms. The van der Waals surface area contributed by atoms with E-state index in [9.17, 15) is 10.1 Å². The molecule has 1 aromatic heterocycles. The van der Waals surface area contributed by atoms with E-state index >= 15 is 0 Å². The zero-order valence-corrected chi connectivity index (χ0v) is 18.9. The Hall–Kier alpha value is -3.80. The largest absolute Gasteiger partial charge is 0.397 e. The monoisotopic (exact) mass is 455 g/mol. The van der Waals surface area contributed by atoms with E-state index in [1.165, 1.54) is 5.01 Å². The number of piperidine rings is 1. The number of nitrogens with two attached hydrogens (primary N) is 2. The van der Waals surface area contributed by atoms with Crippen LogP contribution in [-0.4, -0.2) is 29.0 Å². The van der Waals surface area contributed by atoms with E-state index in [1.54, 1.807) is 6.20 Å². The third-order valence-electron chi connectivity index (χ3n) is 6.95. The lowest BCUT2D eigenvalue weighted by Gasteiger charge is -2.23. The number of nitrogens with zero attached hydrogens (tertiary/aromatic N) is 2. The number of hydrazine groups is 1. The highest BCUT2D eigenvalue weighted by Gasteiger charge is 2.43. The fourth-order valence-electron chi connectivity index (χ4n) is 5.11. The predicted molar refractivity (Wildman–Crippen MR) is 133 cm³/mol. The van der Waals surface area contributed by atoms with Crippen molar-refractivity contribution in [3.8, 4) is 6.07 Å². The molecule has 2 aliphatic rings. The summed E-state index contributed by atoms with van der Waals surface area (Å²) in [5, 5.41) is 18.4. The van der Waals surface area contributed by atoms with E-state index in [-0.39, 0.29) is 11.9 Å². The van der Waals surface area contributed by atoms with Crippen LogP contribution in [-0.2, 0) is 11.2 Å². The van der Waals surface area contributed by atoms with Gasteiger partial charge in [0.2, 0.25) is 5.91 Å². The van der Waals surface area contributed by atoms with Gasteiger partial charge in [0, 0.05) is 35.8 Å². The van der Waals surface area contributed by atoms with Crippen LogP contribution in [0.4, 0.5) is 5.69 Å². The maximum atomic E-state index is 12.6. The topological polar surface area (TPSA) is 136 Å². The molecule has 2 aromatic carbocycles. The minimum atomic E-state index is -0.577. The quantitative estimate of drug-likeness (QED) is 0.274. The molecule has 3 aromatic rings. The third-order valence-corrected chi connectivity index (χ3v) is 6.95. The number of aromatic nitrogens is 1. The zero-order chi connectivity index (χ0) is 23.7. The molecule has 2 bridgehead atoms. The average molecular weight is 456 g/mol. The van der Waals surface area contributed by atoms with E-state index < -0.39 is 6.04 Å². The number of amides is 1. The van der Waals surface area contributed by atoms with Gasteiger partial charge in [-0.15, -0.1) is 0 Å². The van der Waals surface area contributed by atoms with E-state index in [4.69, 9.17) is 11.6 Å². The zero-order valence-electron chi connectivity index (χ0n) is 18.9. The number of hydrogen-bond acceptors (Lipinski definition) is 6. The lowest BCUT2D eigenvalue weighted by atomic mass is 9.98. The lowest BCUT2D eigenvalue weighted by Crippen LogP contribution is -2.50.